The predicted octanol–water partition coefficient (Wildman–Crippen LogP) is 7.43. The summed E-state index contributed by atoms with van der Waals surface area (Å²) in [6, 6.07) is 5.36. The normalized spacial score (nSPS) is 17.2. The molecule has 10 heteroatoms. The zero-order valence-corrected chi connectivity index (χ0v) is 28.5. The molecule has 0 saturated carbocycles. The van der Waals surface area contributed by atoms with Gasteiger partial charge in [0.15, 0.2) is 16.6 Å². The smallest absolute Gasteiger partial charge is 0.338 e. The number of hydrogen-bond acceptors (Lipinski definition) is 7. The molecule has 1 aromatic carbocycles. The summed E-state index contributed by atoms with van der Waals surface area (Å²) in [5.41, 5.74) is 0.163. The minimum Gasteiger partial charge on any atom is -0.462 e. The fourth-order valence-corrected chi connectivity index (χ4v) is 6.32. The van der Waals surface area contributed by atoms with E-state index in [9.17, 15) is 20.0 Å². The number of nitro benzene ring substituents is 1. The van der Waals surface area contributed by atoms with Gasteiger partial charge in [0.25, 0.3) is 5.69 Å². The molecule has 0 saturated heterocycles. The number of nitro groups is 1. The second-order valence-electron chi connectivity index (χ2n) is 14.1. The van der Waals surface area contributed by atoms with Crippen LogP contribution in [0.5, 0.6) is 0 Å². The first-order valence-electron chi connectivity index (χ1n) is 13.9. The topological polar surface area (TPSA) is 108 Å². The van der Waals surface area contributed by atoms with Crippen LogP contribution < -0.4 is 0 Å². The quantitative estimate of drug-likeness (QED) is 0.111. The zero-order chi connectivity index (χ0) is 30.6. The molecule has 1 rings (SSSR count). The van der Waals surface area contributed by atoms with Gasteiger partial charge in [-0.15, -0.1) is 0 Å². The lowest BCUT2D eigenvalue weighted by Crippen LogP contribution is -2.51. The molecule has 0 heterocycles. The Morgan fingerprint density at radius 2 is 1.38 bits per heavy atom. The third-order valence-electron chi connectivity index (χ3n) is 8.74. The maximum atomic E-state index is 12.7. The average molecular weight is 584 g/mol. The largest absolute Gasteiger partial charge is 0.462 e. The highest BCUT2D eigenvalue weighted by molar-refractivity contribution is 6.74. The van der Waals surface area contributed by atoms with Gasteiger partial charge in [-0.1, -0.05) is 62.3 Å². The lowest BCUT2D eigenvalue weighted by Gasteiger charge is -2.44. The molecule has 0 aliphatic carbocycles. The van der Waals surface area contributed by atoms with Crippen LogP contribution in [-0.2, 0) is 13.6 Å². The van der Waals surface area contributed by atoms with Crippen molar-refractivity contribution in [2.45, 2.75) is 111 Å². The Kier molecular flexibility index (Phi) is 12.2. The Morgan fingerprint density at radius 1 is 0.897 bits per heavy atom. The first-order chi connectivity index (χ1) is 17.5. The van der Waals surface area contributed by atoms with Crippen molar-refractivity contribution in [2.24, 2.45) is 17.8 Å². The number of aliphatic hydroxyl groups excluding tert-OH is 1. The minimum absolute atomic E-state index is 0.0395. The van der Waals surface area contributed by atoms with Crippen LogP contribution in [0.3, 0.4) is 0 Å². The Bertz CT molecular complexity index is 952. The molecule has 0 radical (unpaired) electrons. The van der Waals surface area contributed by atoms with E-state index in [1.807, 2.05) is 20.8 Å². The van der Waals surface area contributed by atoms with E-state index in [-0.39, 0.29) is 51.8 Å². The molecule has 1 N–H and O–H groups in total. The number of ether oxygens (including phenoxy) is 1. The van der Waals surface area contributed by atoms with Crippen molar-refractivity contribution >= 4 is 28.3 Å². The van der Waals surface area contributed by atoms with Crippen molar-refractivity contribution in [1.82, 2.24) is 0 Å². The fraction of sp³-hybridized carbons (Fsp3) is 0.759. The summed E-state index contributed by atoms with van der Waals surface area (Å²) in [7, 11) is -4.18. The number of aliphatic hydroxyl groups is 1. The lowest BCUT2D eigenvalue weighted by molar-refractivity contribution is -0.384. The summed E-state index contributed by atoms with van der Waals surface area (Å²) >= 11 is 0. The molecule has 8 nitrogen and oxygen atoms in total. The van der Waals surface area contributed by atoms with E-state index < -0.39 is 33.6 Å². The number of carbonyl (C=O) groups excluding carboxylic acids is 1. The molecule has 0 amide bonds. The summed E-state index contributed by atoms with van der Waals surface area (Å²) in [6.45, 7) is 28.4. The second kappa shape index (κ2) is 13.4. The van der Waals surface area contributed by atoms with Crippen LogP contribution >= 0.6 is 0 Å². The molecule has 0 spiro atoms. The van der Waals surface area contributed by atoms with Crippen molar-refractivity contribution in [3.63, 3.8) is 0 Å². The Balaban J connectivity index is 3.07. The summed E-state index contributed by atoms with van der Waals surface area (Å²) in [5, 5.41) is 22.4. The lowest BCUT2D eigenvalue weighted by atomic mass is 9.85. The predicted molar refractivity (Wildman–Crippen MR) is 162 cm³/mol. The molecule has 1 aromatic rings. The highest BCUT2D eigenvalue weighted by atomic mass is 28.4. The molecule has 39 heavy (non-hydrogen) atoms. The fourth-order valence-electron chi connectivity index (χ4n) is 3.73. The van der Waals surface area contributed by atoms with E-state index in [1.165, 1.54) is 24.3 Å². The van der Waals surface area contributed by atoms with Crippen molar-refractivity contribution in [3.8, 4) is 0 Å². The van der Waals surface area contributed by atoms with E-state index in [0.717, 1.165) is 0 Å². The minimum atomic E-state index is -2.22. The van der Waals surface area contributed by atoms with E-state index in [1.54, 1.807) is 0 Å². The van der Waals surface area contributed by atoms with E-state index >= 15 is 0 Å². The average Bonchev–Trinajstić information content (AvgIpc) is 2.81. The van der Waals surface area contributed by atoms with Gasteiger partial charge in [-0.3, -0.25) is 10.1 Å². The van der Waals surface area contributed by atoms with Crippen molar-refractivity contribution in [2.75, 3.05) is 13.2 Å². The first kappa shape index (κ1) is 35.4. The standard InChI is InChI=1S/C29H53NO7Si2/c1-20(19-36-38(10,11)28(4,5)6)25(31)22(3)26(37-39(12,13)29(7,8)9)21(2)18-35-27(32)23-14-16-24(17-15-23)30(33)34/h14-17,20-22,25-26,31H,18-19H2,1-13H3/t20-,21-,22+,25-,26+/m0/s1. The van der Waals surface area contributed by atoms with Crippen LogP contribution in [0.25, 0.3) is 0 Å². The van der Waals surface area contributed by atoms with Crippen LogP contribution in [-0.4, -0.2) is 58.1 Å². The number of hydrogen-bond donors (Lipinski definition) is 1. The van der Waals surface area contributed by atoms with Crippen LogP contribution in [0.4, 0.5) is 5.69 Å². The molecule has 0 unspecified atom stereocenters. The maximum absolute atomic E-state index is 12.7. The number of nitrogens with zero attached hydrogens (tertiary/aromatic N) is 1. The van der Waals surface area contributed by atoms with Gasteiger partial charge in [-0.2, -0.15) is 0 Å². The van der Waals surface area contributed by atoms with Gasteiger partial charge in [0.2, 0.25) is 0 Å². The van der Waals surface area contributed by atoms with Gasteiger partial charge in [0, 0.05) is 36.5 Å². The van der Waals surface area contributed by atoms with Gasteiger partial charge in [-0.25, -0.2) is 4.79 Å². The molecule has 224 valence electrons. The zero-order valence-electron chi connectivity index (χ0n) is 26.5. The monoisotopic (exact) mass is 583 g/mol. The van der Waals surface area contributed by atoms with Crippen LogP contribution in [0, 0.1) is 27.9 Å². The summed E-state index contributed by atoms with van der Waals surface area (Å²) in [4.78, 5) is 23.1. The highest BCUT2D eigenvalue weighted by Crippen LogP contribution is 2.40. The molecule has 0 aromatic heterocycles. The van der Waals surface area contributed by atoms with Crippen molar-refractivity contribution in [1.29, 1.82) is 0 Å². The van der Waals surface area contributed by atoms with Crippen molar-refractivity contribution in [3.05, 3.63) is 39.9 Å². The number of esters is 1. The van der Waals surface area contributed by atoms with Crippen LogP contribution in [0.1, 0.15) is 72.7 Å². The number of carbonyl (C=O) groups is 1. The highest BCUT2D eigenvalue weighted by Gasteiger charge is 2.44. The SMILES string of the molecule is C[C@H]([C@@H](O)[C@@H](C)CO[Si](C)(C)C(C)(C)C)[C@H](O[Si](C)(C)C(C)(C)C)[C@@H](C)COC(=O)c1ccc([N+](=O)[O-])cc1. The molecule has 0 fully saturated rings. The molecule has 5 atom stereocenters. The Hall–Kier alpha value is -1.60. The van der Waals surface area contributed by atoms with E-state index in [0.29, 0.717) is 6.61 Å². The Morgan fingerprint density at radius 3 is 1.82 bits per heavy atom. The molecular formula is C29H53NO7Si2. The number of rotatable bonds is 13. The van der Waals surface area contributed by atoms with Crippen LogP contribution in [0.15, 0.2) is 24.3 Å². The molecule has 0 aliphatic heterocycles. The number of non-ortho nitro benzene ring substituents is 1. The van der Waals surface area contributed by atoms with E-state index in [4.69, 9.17) is 13.6 Å². The van der Waals surface area contributed by atoms with Gasteiger partial charge < -0.3 is 18.7 Å². The van der Waals surface area contributed by atoms with Gasteiger partial charge in [0.1, 0.15) is 0 Å². The second-order valence-corrected chi connectivity index (χ2v) is 23.7. The summed E-state index contributed by atoms with van der Waals surface area (Å²) in [6.07, 6.45) is -1.02. The van der Waals surface area contributed by atoms with Crippen molar-refractivity contribution < 1.29 is 28.4 Å². The Labute approximate surface area is 238 Å². The van der Waals surface area contributed by atoms with Gasteiger partial charge in [0.05, 0.1) is 29.3 Å². The molecule has 0 aliphatic rings. The van der Waals surface area contributed by atoms with Gasteiger partial charge >= 0.3 is 5.97 Å². The maximum Gasteiger partial charge on any atom is 0.338 e. The molecular weight excluding hydrogens is 530 g/mol. The third kappa shape index (κ3) is 9.77. The van der Waals surface area contributed by atoms with Crippen LogP contribution in [0.2, 0.25) is 36.3 Å². The van der Waals surface area contributed by atoms with E-state index in [2.05, 4.69) is 67.7 Å². The number of benzene rings is 1. The third-order valence-corrected chi connectivity index (χ3v) is 17.7. The first-order valence-corrected chi connectivity index (χ1v) is 19.7. The van der Waals surface area contributed by atoms with Gasteiger partial charge in [-0.05, 0) is 48.4 Å². The summed E-state index contributed by atoms with van der Waals surface area (Å²) < 4.78 is 18.9. The molecule has 0 bridgehead atoms. The summed E-state index contributed by atoms with van der Waals surface area (Å²) in [5.74, 6) is -1.08.